The van der Waals surface area contributed by atoms with Gasteiger partial charge >= 0.3 is 0 Å². The van der Waals surface area contributed by atoms with Crippen LogP contribution in [0.2, 0.25) is 0 Å². The van der Waals surface area contributed by atoms with Crippen LogP contribution < -0.4 is 4.57 Å². The zero-order chi connectivity index (χ0) is 23.4. The van der Waals surface area contributed by atoms with Gasteiger partial charge in [0.1, 0.15) is 6.61 Å². The van der Waals surface area contributed by atoms with E-state index < -0.39 is 9.85 Å². The molecule has 33 heavy (non-hydrogen) atoms. The molecule has 0 bridgehead atoms. The second kappa shape index (κ2) is 9.37. The molecule has 8 heteroatoms. The Morgan fingerprint density at radius 1 is 0.636 bits per heavy atom. The van der Waals surface area contributed by atoms with E-state index in [-0.39, 0.29) is 24.5 Å². The summed E-state index contributed by atoms with van der Waals surface area (Å²) in [5, 5.41) is 32.0. The van der Waals surface area contributed by atoms with Gasteiger partial charge in [-0.25, -0.2) is 0 Å². The molecule has 0 unspecified atom stereocenters. The topological polar surface area (TPSA) is 110 Å². The van der Waals surface area contributed by atoms with Crippen LogP contribution in [0, 0.1) is 20.2 Å². The number of rotatable bonds is 7. The summed E-state index contributed by atoms with van der Waals surface area (Å²) in [6.07, 6.45) is 0. The van der Waals surface area contributed by atoms with E-state index in [4.69, 9.17) is 0 Å². The number of benzene rings is 3. The molecule has 0 amide bonds. The molecule has 0 spiro atoms. The number of aliphatic hydroxyl groups excluding tert-OH is 1. The Balaban J connectivity index is 1.96. The van der Waals surface area contributed by atoms with Crippen molar-refractivity contribution >= 4 is 11.4 Å². The molecule has 4 rings (SSSR count). The average molecular weight is 442 g/mol. The maximum absolute atomic E-state index is 11.1. The fraction of sp³-hybridized carbons (Fsp3) is 0.0800. The molecule has 8 nitrogen and oxygen atoms in total. The molecule has 0 aliphatic heterocycles. The molecule has 1 heterocycles. The van der Waals surface area contributed by atoms with Crippen molar-refractivity contribution in [3.05, 3.63) is 111 Å². The predicted molar refractivity (Wildman–Crippen MR) is 123 cm³/mol. The summed E-state index contributed by atoms with van der Waals surface area (Å²) in [7, 11) is 0. The normalized spacial score (nSPS) is 10.7. The number of hydrogen-bond acceptors (Lipinski definition) is 5. The highest BCUT2D eigenvalue weighted by atomic mass is 16.6. The molecule has 1 aromatic heterocycles. The number of hydrogen-bond donors (Lipinski definition) is 1. The Morgan fingerprint density at radius 2 is 1.09 bits per heavy atom. The van der Waals surface area contributed by atoms with Gasteiger partial charge in [-0.3, -0.25) is 20.2 Å². The van der Waals surface area contributed by atoms with Gasteiger partial charge in [-0.15, -0.1) is 0 Å². The summed E-state index contributed by atoms with van der Waals surface area (Å²) in [5.74, 6) is 0. The molecule has 0 atom stereocenters. The molecule has 4 aromatic rings. The van der Waals surface area contributed by atoms with Gasteiger partial charge in [-0.2, -0.15) is 4.57 Å². The average Bonchev–Trinajstić information content (AvgIpc) is 2.85. The SMILES string of the molecule is O=[N+]([O-])c1ccc(-c2cc(-c3ccccc3)cc(-c3ccc([N+](=O)[O-])cc3)[n+]2CCO)cc1. The van der Waals surface area contributed by atoms with E-state index in [9.17, 15) is 25.3 Å². The summed E-state index contributed by atoms with van der Waals surface area (Å²) in [5.41, 5.74) is 4.86. The minimum absolute atomic E-state index is 0.0118. The van der Waals surface area contributed by atoms with Gasteiger partial charge in [0, 0.05) is 47.5 Å². The Kier molecular flexibility index (Phi) is 6.19. The van der Waals surface area contributed by atoms with E-state index in [1.807, 2.05) is 47.0 Å². The van der Waals surface area contributed by atoms with Crippen LogP contribution in [0.25, 0.3) is 33.6 Å². The lowest BCUT2D eigenvalue weighted by Gasteiger charge is -2.12. The zero-order valence-electron chi connectivity index (χ0n) is 17.5. The van der Waals surface area contributed by atoms with Crippen LogP contribution >= 0.6 is 0 Å². The van der Waals surface area contributed by atoms with Crippen molar-refractivity contribution in [3.63, 3.8) is 0 Å². The maximum atomic E-state index is 11.1. The lowest BCUT2D eigenvalue weighted by molar-refractivity contribution is -0.676. The molecule has 0 saturated carbocycles. The monoisotopic (exact) mass is 442 g/mol. The Labute approximate surface area is 189 Å². The summed E-state index contributed by atoms with van der Waals surface area (Å²) < 4.78 is 1.91. The number of aromatic nitrogens is 1. The molecule has 0 radical (unpaired) electrons. The third-order valence-electron chi connectivity index (χ3n) is 5.34. The lowest BCUT2D eigenvalue weighted by Crippen LogP contribution is -2.40. The number of pyridine rings is 1. The Hall–Kier alpha value is -4.43. The Morgan fingerprint density at radius 3 is 1.48 bits per heavy atom. The molecule has 0 fully saturated rings. The lowest BCUT2D eigenvalue weighted by atomic mass is 9.98. The quantitative estimate of drug-likeness (QED) is 0.251. The first-order valence-corrected chi connectivity index (χ1v) is 10.2. The minimum Gasteiger partial charge on any atom is -0.390 e. The second-order valence-electron chi connectivity index (χ2n) is 7.36. The number of nitro benzene ring substituents is 2. The van der Waals surface area contributed by atoms with E-state index in [1.165, 1.54) is 24.3 Å². The van der Waals surface area contributed by atoms with E-state index >= 15 is 0 Å². The van der Waals surface area contributed by atoms with Crippen molar-refractivity contribution in [2.45, 2.75) is 6.54 Å². The highest BCUT2D eigenvalue weighted by Gasteiger charge is 2.23. The Bertz CT molecular complexity index is 1230. The first-order chi connectivity index (χ1) is 16.0. The van der Waals surface area contributed by atoms with Gasteiger partial charge in [0.05, 0.1) is 9.85 Å². The summed E-state index contributed by atoms with van der Waals surface area (Å²) in [4.78, 5) is 21.3. The number of nitrogens with zero attached hydrogens (tertiary/aromatic N) is 3. The molecular weight excluding hydrogens is 422 g/mol. The summed E-state index contributed by atoms with van der Waals surface area (Å²) >= 11 is 0. The van der Waals surface area contributed by atoms with E-state index in [0.29, 0.717) is 0 Å². The minimum atomic E-state index is -0.450. The standard InChI is InChI=1S/C25H20N3O5/c29-15-14-26-24(19-6-10-22(11-7-19)27(30)31)16-21(18-4-2-1-3-5-18)17-25(26)20-8-12-23(13-9-20)28(32)33/h1-13,16-17,29H,14-15H2/q+1. The zero-order valence-corrected chi connectivity index (χ0v) is 17.5. The van der Waals surface area contributed by atoms with Gasteiger partial charge in [0.2, 0.25) is 11.4 Å². The first-order valence-electron chi connectivity index (χ1n) is 10.2. The molecule has 164 valence electrons. The molecule has 0 aliphatic rings. The van der Waals surface area contributed by atoms with Gasteiger partial charge in [0.15, 0.2) is 6.54 Å². The number of nitro groups is 2. The molecular formula is C25H20N3O5+. The van der Waals surface area contributed by atoms with Crippen LogP contribution in [0.1, 0.15) is 0 Å². The van der Waals surface area contributed by atoms with Gasteiger partial charge in [0.25, 0.3) is 11.4 Å². The van der Waals surface area contributed by atoms with E-state index in [2.05, 4.69) is 0 Å². The van der Waals surface area contributed by atoms with Gasteiger partial charge in [-0.05, 0) is 35.4 Å². The fourth-order valence-electron chi connectivity index (χ4n) is 3.75. The molecule has 1 N–H and O–H groups in total. The third kappa shape index (κ3) is 4.60. The van der Waals surface area contributed by atoms with Crippen molar-refractivity contribution in [2.24, 2.45) is 0 Å². The third-order valence-corrected chi connectivity index (χ3v) is 5.34. The van der Waals surface area contributed by atoms with Crippen LogP contribution in [-0.4, -0.2) is 21.6 Å². The van der Waals surface area contributed by atoms with Gasteiger partial charge < -0.3 is 5.11 Å². The summed E-state index contributed by atoms with van der Waals surface area (Å²) in [6, 6.07) is 26.2. The van der Waals surface area contributed by atoms with E-state index in [1.54, 1.807) is 24.3 Å². The largest absolute Gasteiger partial charge is 0.390 e. The van der Waals surface area contributed by atoms with Crippen LogP contribution in [0.15, 0.2) is 91.0 Å². The molecule has 3 aromatic carbocycles. The molecule has 0 saturated heterocycles. The van der Waals surface area contributed by atoms with Crippen LogP contribution in [0.3, 0.4) is 0 Å². The number of non-ortho nitro benzene ring substituents is 2. The van der Waals surface area contributed by atoms with Crippen molar-refractivity contribution < 1.29 is 19.5 Å². The van der Waals surface area contributed by atoms with Gasteiger partial charge in [-0.1, -0.05) is 30.3 Å². The van der Waals surface area contributed by atoms with E-state index in [0.717, 1.165) is 33.6 Å². The van der Waals surface area contributed by atoms with Crippen LogP contribution in [-0.2, 0) is 6.54 Å². The first kappa shape index (κ1) is 21.8. The van der Waals surface area contributed by atoms with Crippen LogP contribution in [0.5, 0.6) is 0 Å². The van der Waals surface area contributed by atoms with Crippen molar-refractivity contribution in [1.82, 2.24) is 0 Å². The smallest absolute Gasteiger partial charge is 0.269 e. The molecule has 0 aliphatic carbocycles. The number of aliphatic hydroxyl groups is 1. The highest BCUT2D eigenvalue weighted by Crippen LogP contribution is 2.30. The van der Waals surface area contributed by atoms with Crippen molar-refractivity contribution in [1.29, 1.82) is 0 Å². The maximum Gasteiger partial charge on any atom is 0.269 e. The second-order valence-corrected chi connectivity index (χ2v) is 7.36. The fourth-order valence-corrected chi connectivity index (χ4v) is 3.75. The van der Waals surface area contributed by atoms with Crippen molar-refractivity contribution in [2.75, 3.05) is 6.61 Å². The highest BCUT2D eigenvalue weighted by molar-refractivity contribution is 5.74. The van der Waals surface area contributed by atoms with Crippen molar-refractivity contribution in [3.8, 4) is 33.6 Å². The van der Waals surface area contributed by atoms with Crippen LogP contribution in [0.4, 0.5) is 11.4 Å². The predicted octanol–water partition coefficient (Wildman–Crippen LogP) is 4.78. The summed E-state index contributed by atoms with van der Waals surface area (Å²) in [6.45, 7) is 0.142.